The van der Waals surface area contributed by atoms with Gasteiger partial charge < -0.3 is 30.2 Å². The van der Waals surface area contributed by atoms with Crippen molar-refractivity contribution in [3.63, 3.8) is 0 Å². The molecule has 2 saturated heterocycles. The van der Waals surface area contributed by atoms with E-state index in [4.69, 9.17) is 9.72 Å². The van der Waals surface area contributed by atoms with Crippen molar-refractivity contribution < 1.29 is 14.3 Å². The molecule has 0 radical (unpaired) electrons. The maximum Gasteiger partial charge on any atom is 0.407 e. The number of methoxy groups -OCH3 is 1. The number of aromatic amines is 2. The van der Waals surface area contributed by atoms with Gasteiger partial charge in [-0.05, 0) is 90.1 Å². The van der Waals surface area contributed by atoms with Gasteiger partial charge in [0.15, 0.2) is 0 Å². The summed E-state index contributed by atoms with van der Waals surface area (Å²) in [6, 6.07) is 14.1. The molecule has 2 aromatic carbocycles. The number of alkyl carbamates (subject to hydrolysis) is 1. The zero-order chi connectivity index (χ0) is 36.1. The molecule has 3 atom stereocenters. The van der Waals surface area contributed by atoms with E-state index in [2.05, 4.69) is 100 Å². The molecule has 2 aliphatic heterocycles. The molecule has 2 aliphatic rings. The van der Waals surface area contributed by atoms with Crippen molar-refractivity contribution in [1.29, 1.82) is 0 Å². The molecule has 4 N–H and O–H groups in total. The van der Waals surface area contributed by atoms with Gasteiger partial charge in [0.25, 0.3) is 0 Å². The Morgan fingerprint density at radius 2 is 1.76 bits per heavy atom. The minimum absolute atomic E-state index is 0.0221. The molecular formula is C41H47N7O3. The van der Waals surface area contributed by atoms with Crippen LogP contribution in [0.15, 0.2) is 54.9 Å². The van der Waals surface area contributed by atoms with Crippen molar-refractivity contribution in [2.24, 2.45) is 5.92 Å². The van der Waals surface area contributed by atoms with Crippen LogP contribution in [-0.4, -0.2) is 63.1 Å². The number of carbonyl (C=O) groups excluding carboxylic acids is 2. The lowest BCUT2D eigenvalue weighted by Crippen LogP contribution is -2.51. The van der Waals surface area contributed by atoms with Crippen LogP contribution in [0.1, 0.15) is 101 Å². The highest BCUT2D eigenvalue weighted by molar-refractivity contribution is 5.86. The molecule has 0 bridgehead atoms. The van der Waals surface area contributed by atoms with Crippen molar-refractivity contribution in [2.45, 2.75) is 83.8 Å². The zero-order valence-corrected chi connectivity index (χ0v) is 30.3. The number of imidazole rings is 2. The number of benzene rings is 2. The molecule has 51 heavy (non-hydrogen) atoms. The average Bonchev–Trinajstić information content (AvgIpc) is 3.95. The van der Waals surface area contributed by atoms with Gasteiger partial charge in [-0.2, -0.15) is 0 Å². The topological polar surface area (TPSA) is 128 Å². The molecule has 10 heteroatoms. The Labute approximate surface area is 300 Å². The van der Waals surface area contributed by atoms with Crippen molar-refractivity contribution in [2.75, 3.05) is 20.2 Å². The SMILES string of the molecule is COC(=O)N[C@H](C(=O)N1CCC[C@H]1c1ncc(-c2ccc(C#CC#Cc3cnc([C@@H]4CCCN4)[nH]3)c(-c3cccc(C(C)(C)C)c3)c2)[nH]1)C(C)C. The fourth-order valence-corrected chi connectivity index (χ4v) is 6.75. The molecule has 6 rings (SSSR count). The lowest BCUT2D eigenvalue weighted by Gasteiger charge is -2.30. The van der Waals surface area contributed by atoms with E-state index in [9.17, 15) is 9.59 Å². The van der Waals surface area contributed by atoms with E-state index < -0.39 is 12.1 Å². The van der Waals surface area contributed by atoms with Crippen LogP contribution >= 0.6 is 0 Å². The number of nitrogens with zero attached hydrogens (tertiary/aromatic N) is 3. The summed E-state index contributed by atoms with van der Waals surface area (Å²) in [5, 5.41) is 6.17. The highest BCUT2D eigenvalue weighted by Gasteiger charge is 2.37. The standard InChI is InChI=1S/C41H47N7O3/c1-26(2)36(47-40(50)51-6)39(49)48-21-11-17-35(48)38-44-25-34(46-38)29-19-18-27(32(23-29)28-13-9-14-30(22-28)41(3,4)5)12-7-8-15-31-24-43-37(45-31)33-16-10-20-42-33/h9,13-14,18-19,22-26,33,35-36,42H,10-11,16-17,20-21H2,1-6H3,(H,43,45)(H,44,46)(H,47,50)/t33-,35-,36-/m0/s1. The van der Waals surface area contributed by atoms with E-state index in [0.717, 1.165) is 77.5 Å². The van der Waals surface area contributed by atoms with Crippen molar-refractivity contribution >= 4 is 12.0 Å². The summed E-state index contributed by atoms with van der Waals surface area (Å²) >= 11 is 0. The van der Waals surface area contributed by atoms with Gasteiger partial charge in [0.1, 0.15) is 23.4 Å². The Morgan fingerprint density at radius 3 is 2.51 bits per heavy atom. The number of ether oxygens (including phenoxy) is 1. The molecule has 0 aliphatic carbocycles. The smallest absolute Gasteiger partial charge is 0.407 e. The van der Waals surface area contributed by atoms with E-state index in [0.29, 0.717) is 6.54 Å². The van der Waals surface area contributed by atoms with E-state index in [1.165, 1.54) is 12.7 Å². The number of carbonyl (C=O) groups is 2. The Kier molecular flexibility index (Phi) is 10.6. The number of hydrogen-bond donors (Lipinski definition) is 4. The van der Waals surface area contributed by atoms with Gasteiger partial charge in [0.05, 0.1) is 37.3 Å². The fourth-order valence-electron chi connectivity index (χ4n) is 6.75. The molecule has 0 spiro atoms. The first kappa shape index (κ1) is 35.5. The summed E-state index contributed by atoms with van der Waals surface area (Å²) in [7, 11) is 1.30. The summed E-state index contributed by atoms with van der Waals surface area (Å²) in [5.41, 5.74) is 6.67. The van der Waals surface area contributed by atoms with Crippen LogP contribution in [0.3, 0.4) is 0 Å². The lowest BCUT2D eigenvalue weighted by atomic mass is 9.85. The summed E-state index contributed by atoms with van der Waals surface area (Å²) in [5.74, 6) is 13.9. The van der Waals surface area contributed by atoms with Gasteiger partial charge in [-0.1, -0.05) is 70.9 Å². The van der Waals surface area contributed by atoms with Crippen LogP contribution in [0.2, 0.25) is 0 Å². The molecule has 0 unspecified atom stereocenters. The van der Waals surface area contributed by atoms with Crippen LogP contribution in [-0.2, 0) is 14.9 Å². The number of H-pyrrole nitrogens is 2. The maximum absolute atomic E-state index is 13.7. The summed E-state index contributed by atoms with van der Waals surface area (Å²) in [6.07, 6.45) is 6.82. The number of aromatic nitrogens is 4. The molecule has 4 heterocycles. The van der Waals surface area contributed by atoms with Crippen LogP contribution < -0.4 is 10.6 Å². The molecule has 264 valence electrons. The van der Waals surface area contributed by atoms with E-state index in [1.54, 1.807) is 6.20 Å². The molecular weight excluding hydrogens is 638 g/mol. The minimum Gasteiger partial charge on any atom is -0.453 e. The quantitative estimate of drug-likeness (QED) is 0.162. The van der Waals surface area contributed by atoms with E-state index >= 15 is 0 Å². The van der Waals surface area contributed by atoms with Crippen molar-refractivity contribution in [1.82, 2.24) is 35.5 Å². The predicted octanol–water partition coefficient (Wildman–Crippen LogP) is 6.64. The number of nitrogens with one attached hydrogen (secondary N) is 4. The second kappa shape index (κ2) is 15.3. The number of likely N-dealkylation sites (tertiary alicyclic amines) is 1. The summed E-state index contributed by atoms with van der Waals surface area (Å²) in [6.45, 7) is 12.0. The molecule has 0 saturated carbocycles. The number of amides is 2. The van der Waals surface area contributed by atoms with Gasteiger partial charge in [-0.15, -0.1) is 0 Å². The second-order valence-electron chi connectivity index (χ2n) is 14.7. The fraction of sp³-hybridized carbons (Fsp3) is 0.415. The van der Waals surface area contributed by atoms with E-state index in [-0.39, 0.29) is 29.3 Å². The van der Waals surface area contributed by atoms with Gasteiger partial charge in [-0.25, -0.2) is 14.8 Å². The van der Waals surface area contributed by atoms with Crippen molar-refractivity contribution in [3.8, 4) is 46.1 Å². The highest BCUT2D eigenvalue weighted by Crippen LogP contribution is 2.35. The van der Waals surface area contributed by atoms with Crippen LogP contribution in [0.5, 0.6) is 0 Å². The number of hydrogen-bond acceptors (Lipinski definition) is 6. The molecule has 10 nitrogen and oxygen atoms in total. The third-order valence-electron chi connectivity index (χ3n) is 9.65. The Bertz CT molecular complexity index is 2010. The second-order valence-corrected chi connectivity index (χ2v) is 14.7. The third-order valence-corrected chi connectivity index (χ3v) is 9.65. The molecule has 2 aromatic heterocycles. The normalized spacial score (nSPS) is 17.7. The van der Waals surface area contributed by atoms with Gasteiger partial charge in [0.2, 0.25) is 5.91 Å². The summed E-state index contributed by atoms with van der Waals surface area (Å²) in [4.78, 5) is 43.6. The van der Waals surface area contributed by atoms with Gasteiger partial charge in [0, 0.05) is 17.7 Å². The largest absolute Gasteiger partial charge is 0.453 e. The first-order chi connectivity index (χ1) is 24.5. The predicted molar refractivity (Wildman–Crippen MR) is 198 cm³/mol. The minimum atomic E-state index is -0.691. The van der Waals surface area contributed by atoms with Crippen LogP contribution in [0, 0.1) is 29.6 Å². The third kappa shape index (κ3) is 8.19. The van der Waals surface area contributed by atoms with Gasteiger partial charge in [-0.3, -0.25) is 4.79 Å². The average molecular weight is 686 g/mol. The Hall–Kier alpha value is -5.32. The highest BCUT2D eigenvalue weighted by atomic mass is 16.5. The first-order valence-electron chi connectivity index (χ1n) is 17.8. The molecule has 2 fully saturated rings. The van der Waals surface area contributed by atoms with Crippen LogP contribution in [0.4, 0.5) is 4.79 Å². The summed E-state index contributed by atoms with van der Waals surface area (Å²) < 4.78 is 4.78. The number of rotatable bonds is 7. The zero-order valence-electron chi connectivity index (χ0n) is 30.3. The maximum atomic E-state index is 13.7. The Morgan fingerprint density at radius 1 is 0.961 bits per heavy atom. The first-order valence-corrected chi connectivity index (χ1v) is 17.8. The van der Waals surface area contributed by atoms with E-state index in [1.807, 2.05) is 37.1 Å². The van der Waals surface area contributed by atoms with Crippen LogP contribution in [0.25, 0.3) is 22.4 Å². The van der Waals surface area contributed by atoms with Crippen molar-refractivity contribution in [3.05, 3.63) is 83.3 Å². The van der Waals surface area contributed by atoms with Gasteiger partial charge >= 0.3 is 6.09 Å². The molecule has 4 aromatic rings. The Balaban J connectivity index is 1.29. The lowest BCUT2D eigenvalue weighted by molar-refractivity contribution is -0.135. The monoisotopic (exact) mass is 685 g/mol. The molecule has 2 amide bonds.